The second-order valence-electron chi connectivity index (χ2n) is 4.00. The van der Waals surface area contributed by atoms with Crippen molar-refractivity contribution in [3.8, 4) is 0 Å². The average molecular weight is 174 g/mol. The van der Waals surface area contributed by atoms with E-state index in [9.17, 15) is 10.2 Å². The topological polar surface area (TPSA) is 49.7 Å². The standard InChI is InChI=1S/C9H18O3/c1-5(2)9-8(11)7(10)6(3)4-12-9/h5-11H,4H2,1-3H3. The summed E-state index contributed by atoms with van der Waals surface area (Å²) in [5, 5.41) is 19.1. The van der Waals surface area contributed by atoms with Crippen LogP contribution < -0.4 is 0 Å². The fourth-order valence-corrected chi connectivity index (χ4v) is 1.58. The zero-order chi connectivity index (χ0) is 9.30. The molecule has 0 aromatic rings. The fourth-order valence-electron chi connectivity index (χ4n) is 1.58. The molecule has 1 rings (SSSR count). The van der Waals surface area contributed by atoms with Crippen LogP contribution in [-0.2, 0) is 4.74 Å². The lowest BCUT2D eigenvalue weighted by atomic mass is 9.89. The van der Waals surface area contributed by atoms with E-state index in [0.717, 1.165) is 0 Å². The van der Waals surface area contributed by atoms with Gasteiger partial charge in [-0.1, -0.05) is 20.8 Å². The van der Waals surface area contributed by atoms with E-state index in [1.165, 1.54) is 0 Å². The van der Waals surface area contributed by atoms with Gasteiger partial charge in [0.1, 0.15) is 6.10 Å². The Labute approximate surface area is 73.4 Å². The zero-order valence-corrected chi connectivity index (χ0v) is 7.90. The number of ether oxygens (including phenoxy) is 1. The number of rotatable bonds is 1. The molecule has 0 amide bonds. The number of hydrogen-bond acceptors (Lipinski definition) is 3. The van der Waals surface area contributed by atoms with Gasteiger partial charge in [-0.2, -0.15) is 0 Å². The van der Waals surface area contributed by atoms with Crippen molar-refractivity contribution in [2.45, 2.75) is 39.1 Å². The largest absolute Gasteiger partial charge is 0.390 e. The van der Waals surface area contributed by atoms with Gasteiger partial charge in [0, 0.05) is 5.92 Å². The van der Waals surface area contributed by atoms with Gasteiger partial charge in [-0.15, -0.1) is 0 Å². The molecule has 1 aliphatic heterocycles. The van der Waals surface area contributed by atoms with Crippen molar-refractivity contribution in [1.29, 1.82) is 0 Å². The van der Waals surface area contributed by atoms with Crippen LogP contribution in [0.15, 0.2) is 0 Å². The van der Waals surface area contributed by atoms with Crippen LogP contribution >= 0.6 is 0 Å². The van der Waals surface area contributed by atoms with Crippen molar-refractivity contribution in [2.75, 3.05) is 6.61 Å². The molecule has 1 heterocycles. The molecule has 3 nitrogen and oxygen atoms in total. The summed E-state index contributed by atoms with van der Waals surface area (Å²) in [6.07, 6.45) is -1.57. The second-order valence-corrected chi connectivity index (χ2v) is 4.00. The van der Waals surface area contributed by atoms with Crippen molar-refractivity contribution in [1.82, 2.24) is 0 Å². The Hall–Kier alpha value is -0.120. The first kappa shape index (κ1) is 9.96. The molecule has 0 radical (unpaired) electrons. The van der Waals surface area contributed by atoms with Crippen LogP contribution in [0.1, 0.15) is 20.8 Å². The van der Waals surface area contributed by atoms with Gasteiger partial charge in [-0.25, -0.2) is 0 Å². The zero-order valence-electron chi connectivity index (χ0n) is 7.90. The molecule has 1 fully saturated rings. The molecule has 0 aromatic carbocycles. The van der Waals surface area contributed by atoms with E-state index in [0.29, 0.717) is 6.61 Å². The molecule has 0 saturated carbocycles. The molecule has 4 atom stereocenters. The minimum Gasteiger partial charge on any atom is -0.390 e. The molecule has 2 N–H and O–H groups in total. The Kier molecular flexibility index (Phi) is 3.09. The van der Waals surface area contributed by atoms with E-state index in [1.807, 2.05) is 20.8 Å². The predicted octanol–water partition coefficient (Wildman–Crippen LogP) is 0.399. The lowest BCUT2D eigenvalue weighted by molar-refractivity contribution is -0.172. The number of aliphatic hydroxyl groups is 2. The highest BCUT2D eigenvalue weighted by atomic mass is 16.5. The Bertz CT molecular complexity index is 147. The lowest BCUT2D eigenvalue weighted by Gasteiger charge is -2.38. The summed E-state index contributed by atoms with van der Waals surface area (Å²) in [6.45, 7) is 6.39. The molecule has 0 bridgehead atoms. The molecular formula is C9H18O3. The number of aliphatic hydroxyl groups excluding tert-OH is 2. The third-order valence-electron chi connectivity index (χ3n) is 2.48. The minimum atomic E-state index is -0.728. The van der Waals surface area contributed by atoms with Crippen LogP contribution in [0.3, 0.4) is 0 Å². The van der Waals surface area contributed by atoms with Crippen molar-refractivity contribution >= 4 is 0 Å². The Morgan fingerprint density at radius 1 is 1.25 bits per heavy atom. The third kappa shape index (κ3) is 1.79. The highest BCUT2D eigenvalue weighted by molar-refractivity contribution is 4.86. The molecule has 0 aliphatic carbocycles. The highest BCUT2D eigenvalue weighted by Crippen LogP contribution is 2.24. The molecule has 4 unspecified atom stereocenters. The van der Waals surface area contributed by atoms with Gasteiger partial charge >= 0.3 is 0 Å². The monoisotopic (exact) mass is 174 g/mol. The van der Waals surface area contributed by atoms with Gasteiger partial charge in [0.25, 0.3) is 0 Å². The van der Waals surface area contributed by atoms with Gasteiger partial charge < -0.3 is 14.9 Å². The smallest absolute Gasteiger partial charge is 0.107 e. The van der Waals surface area contributed by atoms with E-state index < -0.39 is 12.2 Å². The second kappa shape index (κ2) is 3.73. The van der Waals surface area contributed by atoms with Gasteiger partial charge in [0.2, 0.25) is 0 Å². The Morgan fingerprint density at radius 2 is 1.83 bits per heavy atom. The highest BCUT2D eigenvalue weighted by Gasteiger charge is 2.37. The molecule has 1 aliphatic rings. The van der Waals surface area contributed by atoms with Gasteiger partial charge in [-0.05, 0) is 5.92 Å². The molecule has 0 aromatic heterocycles. The summed E-state index contributed by atoms with van der Waals surface area (Å²) >= 11 is 0. The van der Waals surface area contributed by atoms with E-state index in [2.05, 4.69) is 0 Å². The molecular weight excluding hydrogens is 156 g/mol. The van der Waals surface area contributed by atoms with Crippen LogP contribution in [-0.4, -0.2) is 35.1 Å². The summed E-state index contributed by atoms with van der Waals surface area (Å²) in [5.41, 5.74) is 0. The minimum absolute atomic E-state index is 0.0370. The maximum atomic E-state index is 9.60. The van der Waals surface area contributed by atoms with E-state index in [-0.39, 0.29) is 17.9 Å². The number of hydrogen-bond donors (Lipinski definition) is 2. The summed E-state index contributed by atoms with van der Waals surface area (Å²) in [6, 6.07) is 0. The molecule has 72 valence electrons. The summed E-state index contributed by atoms with van der Waals surface area (Å²) < 4.78 is 5.42. The van der Waals surface area contributed by atoms with Crippen LogP contribution in [0.5, 0.6) is 0 Å². The van der Waals surface area contributed by atoms with Crippen LogP contribution in [0.2, 0.25) is 0 Å². The van der Waals surface area contributed by atoms with E-state index >= 15 is 0 Å². The van der Waals surface area contributed by atoms with Crippen molar-refractivity contribution in [3.05, 3.63) is 0 Å². The van der Waals surface area contributed by atoms with Crippen LogP contribution in [0, 0.1) is 11.8 Å². The first-order valence-electron chi connectivity index (χ1n) is 4.51. The SMILES string of the molecule is CC(C)C1OCC(C)C(O)C1O. The van der Waals surface area contributed by atoms with Gasteiger partial charge in [-0.3, -0.25) is 0 Å². The maximum Gasteiger partial charge on any atom is 0.107 e. The third-order valence-corrected chi connectivity index (χ3v) is 2.48. The fraction of sp³-hybridized carbons (Fsp3) is 1.00. The Morgan fingerprint density at radius 3 is 2.33 bits per heavy atom. The van der Waals surface area contributed by atoms with Gasteiger partial charge in [0.05, 0.1) is 18.8 Å². The Balaban J connectivity index is 2.58. The summed E-state index contributed by atoms with van der Waals surface area (Å²) in [5.74, 6) is 0.289. The van der Waals surface area contributed by atoms with Crippen molar-refractivity contribution in [3.63, 3.8) is 0 Å². The summed E-state index contributed by atoms with van der Waals surface area (Å²) in [7, 11) is 0. The lowest BCUT2D eigenvalue weighted by Crippen LogP contribution is -2.51. The first-order chi connectivity index (χ1) is 5.54. The molecule has 1 saturated heterocycles. The average Bonchev–Trinajstić information content (AvgIpc) is 2.00. The molecule has 3 heteroatoms. The predicted molar refractivity (Wildman–Crippen MR) is 45.8 cm³/mol. The first-order valence-corrected chi connectivity index (χ1v) is 4.51. The van der Waals surface area contributed by atoms with Crippen molar-refractivity contribution < 1.29 is 14.9 Å². The van der Waals surface area contributed by atoms with E-state index in [4.69, 9.17) is 4.74 Å². The molecule has 12 heavy (non-hydrogen) atoms. The van der Waals surface area contributed by atoms with Gasteiger partial charge in [0.15, 0.2) is 0 Å². The van der Waals surface area contributed by atoms with E-state index in [1.54, 1.807) is 0 Å². The molecule has 0 spiro atoms. The quantitative estimate of drug-likeness (QED) is 0.605. The normalized spacial score (nSPS) is 43.5. The maximum absolute atomic E-state index is 9.60. The summed E-state index contributed by atoms with van der Waals surface area (Å²) in [4.78, 5) is 0. The van der Waals surface area contributed by atoms with Crippen molar-refractivity contribution in [2.24, 2.45) is 11.8 Å². The van der Waals surface area contributed by atoms with Crippen LogP contribution in [0.4, 0.5) is 0 Å². The van der Waals surface area contributed by atoms with Crippen LogP contribution in [0.25, 0.3) is 0 Å².